The molecular formula is C34H47N5O6. The van der Waals surface area contributed by atoms with Crippen LogP contribution in [0, 0.1) is 11.8 Å². The first-order valence-electron chi connectivity index (χ1n) is 16.2. The minimum atomic E-state index is -0.637. The number of anilines is 1. The van der Waals surface area contributed by atoms with E-state index in [9.17, 15) is 4.79 Å². The van der Waals surface area contributed by atoms with Gasteiger partial charge in [0.25, 0.3) is 0 Å². The Hall–Kier alpha value is -3.41. The molecule has 1 aromatic carbocycles. The van der Waals surface area contributed by atoms with E-state index < -0.39 is 5.79 Å². The zero-order chi connectivity index (χ0) is 31.7. The van der Waals surface area contributed by atoms with Gasteiger partial charge in [0.2, 0.25) is 0 Å². The lowest BCUT2D eigenvalue weighted by Gasteiger charge is -2.42. The number of fused-ring (bicyclic) bond motifs is 2. The maximum atomic E-state index is 11.8. The van der Waals surface area contributed by atoms with E-state index in [-0.39, 0.29) is 24.2 Å². The average Bonchev–Trinajstić information content (AvgIpc) is 3.66. The van der Waals surface area contributed by atoms with Crippen LogP contribution in [0.5, 0.6) is 11.5 Å². The summed E-state index contributed by atoms with van der Waals surface area (Å²) in [4.78, 5) is 23.6. The molecule has 1 saturated heterocycles. The zero-order valence-corrected chi connectivity index (χ0v) is 27.3. The predicted molar refractivity (Wildman–Crippen MR) is 170 cm³/mol. The van der Waals surface area contributed by atoms with Gasteiger partial charge in [0.1, 0.15) is 35.4 Å². The van der Waals surface area contributed by atoms with E-state index in [2.05, 4.69) is 39.1 Å². The number of methoxy groups -OCH3 is 2. The van der Waals surface area contributed by atoms with Gasteiger partial charge in [0.05, 0.1) is 38.4 Å². The van der Waals surface area contributed by atoms with Crippen LogP contribution in [0.1, 0.15) is 64.5 Å². The number of hydrogen-bond acceptors (Lipinski definition) is 10. The van der Waals surface area contributed by atoms with Crippen LogP contribution in [0.3, 0.4) is 0 Å². The van der Waals surface area contributed by atoms with E-state index in [1.54, 1.807) is 20.5 Å². The fourth-order valence-corrected chi connectivity index (χ4v) is 7.43. The molecule has 45 heavy (non-hydrogen) atoms. The molecule has 2 saturated carbocycles. The Bertz CT molecular complexity index is 1490. The number of rotatable bonds is 13. The Morgan fingerprint density at radius 2 is 1.91 bits per heavy atom. The SMILES string of the molecule is CCOC(=O)CCC1CC(N(C)C[C@H]2C[C@@H](n3ccc4c(NCc5ccc(OC)cc5OC)ncnc43)[C@@H]3OC(C)(C)O[C@H]23)C1. The molecule has 3 heterocycles. The van der Waals surface area contributed by atoms with Gasteiger partial charge in [-0.25, -0.2) is 9.97 Å². The highest BCUT2D eigenvalue weighted by atomic mass is 16.8. The zero-order valence-electron chi connectivity index (χ0n) is 27.3. The van der Waals surface area contributed by atoms with Crippen molar-refractivity contribution in [2.45, 2.75) is 89.5 Å². The minimum Gasteiger partial charge on any atom is -0.497 e. The number of benzene rings is 1. The minimum absolute atomic E-state index is 0.00607. The average molecular weight is 622 g/mol. The van der Waals surface area contributed by atoms with Crippen LogP contribution in [0.15, 0.2) is 36.8 Å². The van der Waals surface area contributed by atoms with E-state index in [0.29, 0.717) is 37.5 Å². The molecule has 0 bridgehead atoms. The maximum Gasteiger partial charge on any atom is 0.305 e. The van der Waals surface area contributed by atoms with Crippen LogP contribution in [-0.2, 0) is 25.5 Å². The van der Waals surface area contributed by atoms with Gasteiger partial charge in [-0.3, -0.25) is 4.79 Å². The van der Waals surface area contributed by atoms with Gasteiger partial charge < -0.3 is 38.5 Å². The monoisotopic (exact) mass is 621 g/mol. The lowest BCUT2D eigenvalue weighted by molar-refractivity contribution is -0.161. The fourth-order valence-electron chi connectivity index (χ4n) is 7.43. The highest BCUT2D eigenvalue weighted by Crippen LogP contribution is 2.48. The summed E-state index contributed by atoms with van der Waals surface area (Å²) in [5.74, 6) is 2.48. The summed E-state index contributed by atoms with van der Waals surface area (Å²) in [6.45, 7) is 7.81. The second-order valence-electron chi connectivity index (χ2n) is 13.1. The molecule has 0 amide bonds. The van der Waals surface area contributed by atoms with Gasteiger partial charge in [-0.05, 0) is 77.6 Å². The molecule has 11 heteroatoms. The molecule has 1 aliphatic heterocycles. The van der Waals surface area contributed by atoms with E-state index in [1.807, 2.05) is 39.0 Å². The lowest BCUT2D eigenvalue weighted by atomic mass is 9.76. The van der Waals surface area contributed by atoms with Crippen molar-refractivity contribution in [1.29, 1.82) is 0 Å². The lowest BCUT2D eigenvalue weighted by Crippen LogP contribution is -2.46. The molecule has 11 nitrogen and oxygen atoms in total. The van der Waals surface area contributed by atoms with Crippen molar-refractivity contribution in [2.75, 3.05) is 39.7 Å². The van der Waals surface area contributed by atoms with Gasteiger partial charge in [-0.2, -0.15) is 0 Å². The van der Waals surface area contributed by atoms with Gasteiger partial charge in [0, 0.05) is 49.3 Å². The van der Waals surface area contributed by atoms with Crippen molar-refractivity contribution in [3.63, 3.8) is 0 Å². The third kappa shape index (κ3) is 6.62. The first-order valence-corrected chi connectivity index (χ1v) is 16.2. The third-order valence-electron chi connectivity index (χ3n) is 9.78. The molecule has 2 aromatic heterocycles. The van der Waals surface area contributed by atoms with Crippen LogP contribution < -0.4 is 14.8 Å². The standard InChI is InChI=1S/C34H47N5O6/c1-7-43-29(40)11-8-21-14-24(15-21)38(4)19-23-16-27(31-30(23)44-34(2,3)45-31)39-13-12-26-32(36-20-37-33(26)39)35-18-22-9-10-25(41-5)17-28(22)42-6/h9-10,12-13,17,20-21,23-24,27,30-31H,7-8,11,14-16,18-19H2,1-6H3,(H,35,36,37)/t21?,23-,24?,27-,30-,31+/m1/s1. The van der Waals surface area contributed by atoms with Crippen molar-refractivity contribution in [2.24, 2.45) is 11.8 Å². The summed E-state index contributed by atoms with van der Waals surface area (Å²) in [5, 5.41) is 4.45. The van der Waals surface area contributed by atoms with Crippen LogP contribution in [0.25, 0.3) is 11.0 Å². The number of aromatic nitrogens is 3. The number of carbonyl (C=O) groups excluding carboxylic acids is 1. The quantitative estimate of drug-likeness (QED) is 0.256. The molecule has 244 valence electrons. The molecule has 3 aliphatic rings. The molecule has 3 fully saturated rings. The molecule has 6 rings (SSSR count). The van der Waals surface area contributed by atoms with E-state index in [1.165, 1.54) is 0 Å². The first kappa shape index (κ1) is 31.6. The number of nitrogens with zero attached hydrogens (tertiary/aromatic N) is 4. The number of hydrogen-bond donors (Lipinski definition) is 1. The number of ether oxygens (including phenoxy) is 5. The predicted octanol–water partition coefficient (Wildman–Crippen LogP) is 5.20. The molecule has 0 unspecified atom stereocenters. The summed E-state index contributed by atoms with van der Waals surface area (Å²) in [7, 11) is 5.53. The molecule has 1 N–H and O–H groups in total. The summed E-state index contributed by atoms with van der Waals surface area (Å²) < 4.78 is 31.4. The summed E-state index contributed by atoms with van der Waals surface area (Å²) in [6.07, 6.45) is 8.29. The second kappa shape index (κ2) is 13.1. The van der Waals surface area contributed by atoms with Crippen LogP contribution >= 0.6 is 0 Å². The molecular weight excluding hydrogens is 574 g/mol. The Morgan fingerprint density at radius 1 is 1.11 bits per heavy atom. The third-order valence-corrected chi connectivity index (χ3v) is 9.78. The fraction of sp³-hybridized carbons (Fsp3) is 0.618. The van der Waals surface area contributed by atoms with E-state index in [4.69, 9.17) is 28.7 Å². The highest BCUT2D eigenvalue weighted by molar-refractivity contribution is 5.87. The molecule has 0 radical (unpaired) electrons. The van der Waals surface area contributed by atoms with Gasteiger partial charge in [0.15, 0.2) is 5.79 Å². The summed E-state index contributed by atoms with van der Waals surface area (Å²) in [6, 6.07) is 8.52. The number of carbonyl (C=O) groups is 1. The Labute approximate surface area is 265 Å². The van der Waals surface area contributed by atoms with E-state index >= 15 is 0 Å². The Balaban J connectivity index is 1.14. The van der Waals surface area contributed by atoms with Crippen molar-refractivity contribution in [3.8, 4) is 11.5 Å². The molecule has 3 aromatic rings. The highest BCUT2D eigenvalue weighted by Gasteiger charge is 2.55. The number of esters is 1. The normalized spacial score (nSPS) is 26.9. The van der Waals surface area contributed by atoms with Gasteiger partial charge in [-0.1, -0.05) is 0 Å². The van der Waals surface area contributed by atoms with Crippen LogP contribution in [0.2, 0.25) is 0 Å². The molecule has 2 aliphatic carbocycles. The topological polar surface area (TPSA) is 109 Å². The van der Waals surface area contributed by atoms with Gasteiger partial charge in [-0.15, -0.1) is 0 Å². The van der Waals surface area contributed by atoms with Crippen molar-refractivity contribution in [1.82, 2.24) is 19.4 Å². The molecule has 4 atom stereocenters. The number of nitrogens with one attached hydrogen (secondary N) is 1. The van der Waals surface area contributed by atoms with E-state index in [0.717, 1.165) is 66.1 Å². The maximum absolute atomic E-state index is 11.8. The Kier molecular flexibility index (Phi) is 9.22. The van der Waals surface area contributed by atoms with Crippen molar-refractivity contribution >= 4 is 22.8 Å². The van der Waals surface area contributed by atoms with Crippen LogP contribution in [-0.4, -0.2) is 83.9 Å². The first-order chi connectivity index (χ1) is 21.7. The summed E-state index contributed by atoms with van der Waals surface area (Å²) >= 11 is 0. The smallest absolute Gasteiger partial charge is 0.305 e. The van der Waals surface area contributed by atoms with Crippen molar-refractivity contribution < 1.29 is 28.5 Å². The molecule has 0 spiro atoms. The summed E-state index contributed by atoms with van der Waals surface area (Å²) in [5.41, 5.74) is 1.88. The van der Waals surface area contributed by atoms with Crippen LogP contribution in [0.4, 0.5) is 5.82 Å². The van der Waals surface area contributed by atoms with Gasteiger partial charge >= 0.3 is 5.97 Å². The largest absolute Gasteiger partial charge is 0.497 e. The Morgan fingerprint density at radius 3 is 2.67 bits per heavy atom. The van der Waals surface area contributed by atoms with Crippen molar-refractivity contribution in [3.05, 3.63) is 42.4 Å². The second-order valence-corrected chi connectivity index (χ2v) is 13.1.